The molecule has 0 bridgehead atoms. The smallest absolute Gasteiger partial charge is 0.306 e. The first kappa shape index (κ1) is 56.1. The Morgan fingerprint density at radius 3 is 1.55 bits per heavy atom. The Balaban J connectivity index is 1.85. The summed E-state index contributed by atoms with van der Waals surface area (Å²) in [5.41, 5.74) is 0. The van der Waals surface area contributed by atoms with Gasteiger partial charge in [-0.1, -0.05) is 141 Å². The van der Waals surface area contributed by atoms with E-state index >= 15 is 0 Å². The molecule has 15 heteroatoms. The van der Waals surface area contributed by atoms with Crippen molar-refractivity contribution in [3.05, 3.63) is 24.3 Å². The summed E-state index contributed by atoms with van der Waals surface area (Å²) in [5.74, 6) is -0.978. The predicted molar refractivity (Wildman–Crippen MR) is 234 cm³/mol. The van der Waals surface area contributed by atoms with Crippen LogP contribution in [0.4, 0.5) is 0 Å². The molecule has 7 N–H and O–H groups in total. The lowest BCUT2D eigenvalue weighted by Crippen LogP contribution is -2.61. The van der Waals surface area contributed by atoms with Gasteiger partial charge in [0.15, 0.2) is 18.7 Å². The molecule has 2 rings (SSSR count). The third-order valence-electron chi connectivity index (χ3n) is 11.4. The highest BCUT2D eigenvalue weighted by Crippen LogP contribution is 2.26. The Labute approximate surface area is 371 Å². The second kappa shape index (κ2) is 35.3. The molecule has 4 unspecified atom stereocenters. The van der Waals surface area contributed by atoms with Crippen LogP contribution in [0.5, 0.6) is 0 Å². The van der Waals surface area contributed by atoms with Crippen molar-refractivity contribution in [2.75, 3.05) is 26.4 Å². The van der Waals surface area contributed by atoms with Crippen molar-refractivity contribution >= 4 is 11.9 Å². The maximum absolute atomic E-state index is 12.9. The first-order chi connectivity index (χ1) is 30.0. The Morgan fingerprint density at radius 2 is 0.984 bits per heavy atom. The van der Waals surface area contributed by atoms with Gasteiger partial charge in [0.2, 0.25) is 0 Å². The summed E-state index contributed by atoms with van der Waals surface area (Å²) >= 11 is 0. The van der Waals surface area contributed by atoms with Crippen molar-refractivity contribution in [3.8, 4) is 0 Å². The quantitative estimate of drug-likeness (QED) is 0.0231. The third-order valence-corrected chi connectivity index (χ3v) is 11.4. The molecule has 2 saturated heterocycles. The van der Waals surface area contributed by atoms with Gasteiger partial charge in [-0.05, 0) is 38.5 Å². The van der Waals surface area contributed by atoms with Gasteiger partial charge in [0, 0.05) is 12.8 Å². The topological polar surface area (TPSA) is 231 Å². The summed E-state index contributed by atoms with van der Waals surface area (Å²) in [5, 5.41) is 71.8. The zero-order chi connectivity index (χ0) is 45.4. The minimum atomic E-state index is -1.77. The molecule has 0 spiro atoms. The van der Waals surface area contributed by atoms with Crippen molar-refractivity contribution in [2.45, 2.75) is 235 Å². The molecule has 0 aromatic heterocycles. The predicted octanol–water partition coefficient (Wildman–Crippen LogP) is 5.60. The van der Waals surface area contributed by atoms with Gasteiger partial charge < -0.3 is 64.2 Å². The minimum Gasteiger partial charge on any atom is -0.462 e. The van der Waals surface area contributed by atoms with Crippen LogP contribution in [0.15, 0.2) is 24.3 Å². The minimum absolute atomic E-state index is 0.104. The van der Waals surface area contributed by atoms with Gasteiger partial charge in [-0.15, -0.1) is 0 Å². The number of allylic oxidation sites excluding steroid dienone is 4. The van der Waals surface area contributed by atoms with E-state index in [9.17, 15) is 45.3 Å². The molecule has 362 valence electrons. The lowest BCUT2D eigenvalue weighted by Gasteiger charge is -2.42. The average molecular weight is 889 g/mol. The number of hydrogen-bond donors (Lipinski definition) is 7. The maximum atomic E-state index is 12.9. The van der Waals surface area contributed by atoms with Crippen molar-refractivity contribution in [1.29, 1.82) is 0 Å². The van der Waals surface area contributed by atoms with Gasteiger partial charge in [0.25, 0.3) is 0 Å². The molecule has 0 radical (unpaired) electrons. The molecule has 2 heterocycles. The monoisotopic (exact) mass is 889 g/mol. The van der Waals surface area contributed by atoms with E-state index in [1.165, 1.54) is 89.9 Å². The Morgan fingerprint density at radius 1 is 0.516 bits per heavy atom. The number of unbranched alkanes of at least 4 members (excludes halogenated alkanes) is 18. The van der Waals surface area contributed by atoms with Crippen LogP contribution in [-0.4, -0.2) is 142 Å². The van der Waals surface area contributed by atoms with Gasteiger partial charge in [-0.2, -0.15) is 0 Å². The average Bonchev–Trinajstić information content (AvgIpc) is 3.26. The summed E-state index contributed by atoms with van der Waals surface area (Å²) < 4.78 is 33.4. The highest BCUT2D eigenvalue weighted by Gasteiger charge is 2.47. The fourth-order valence-electron chi connectivity index (χ4n) is 7.43. The molecule has 0 aromatic carbocycles. The maximum Gasteiger partial charge on any atom is 0.306 e. The van der Waals surface area contributed by atoms with E-state index in [2.05, 4.69) is 32.1 Å². The highest BCUT2D eigenvalue weighted by molar-refractivity contribution is 5.70. The zero-order valence-corrected chi connectivity index (χ0v) is 37.9. The van der Waals surface area contributed by atoms with Gasteiger partial charge >= 0.3 is 11.9 Å². The largest absolute Gasteiger partial charge is 0.462 e. The molecule has 15 nitrogen and oxygen atoms in total. The fraction of sp³-hybridized carbons (Fsp3) is 0.872. The molecular weight excluding hydrogens is 805 g/mol. The SMILES string of the molecule is CCCCCCCCCCC/C=C/C/C=C/CCCC(=O)O[C@H](COC(=O)CCCCCCCCCCC)CO[C@H]1O[C@@H](CO[C@H]2O[C@@H](CO)[C@@H](O)C(O)C2O)[C@@H](O)C(O)C1O. The first-order valence-electron chi connectivity index (χ1n) is 23.9. The van der Waals surface area contributed by atoms with E-state index in [-0.39, 0.29) is 19.4 Å². The van der Waals surface area contributed by atoms with Gasteiger partial charge in [0.1, 0.15) is 55.4 Å². The van der Waals surface area contributed by atoms with Crippen LogP contribution < -0.4 is 0 Å². The number of ether oxygens (including phenoxy) is 6. The Bertz CT molecular complexity index is 1180. The Hall–Kier alpha value is -2.02. The van der Waals surface area contributed by atoms with Gasteiger partial charge in [-0.3, -0.25) is 9.59 Å². The first-order valence-corrected chi connectivity index (χ1v) is 23.9. The van der Waals surface area contributed by atoms with Crippen LogP contribution in [0.3, 0.4) is 0 Å². The zero-order valence-electron chi connectivity index (χ0n) is 37.9. The number of aliphatic hydroxyl groups excluding tert-OH is 7. The highest BCUT2D eigenvalue weighted by atomic mass is 16.7. The van der Waals surface area contributed by atoms with Gasteiger partial charge in [0.05, 0.1) is 19.8 Å². The van der Waals surface area contributed by atoms with E-state index in [0.29, 0.717) is 19.3 Å². The normalized spacial score (nSPS) is 27.2. The van der Waals surface area contributed by atoms with Crippen molar-refractivity contribution in [3.63, 3.8) is 0 Å². The number of carbonyl (C=O) groups excluding carboxylic acids is 2. The molecule has 2 aliphatic heterocycles. The molecule has 0 aromatic rings. The number of hydrogen-bond acceptors (Lipinski definition) is 15. The number of rotatable bonds is 36. The molecule has 11 atom stereocenters. The summed E-state index contributed by atoms with van der Waals surface area (Å²) in [4.78, 5) is 25.6. The molecular formula is C47H84O15. The lowest BCUT2D eigenvalue weighted by molar-refractivity contribution is -0.332. The Kier molecular flexibility index (Phi) is 31.9. The number of aliphatic hydroxyl groups is 7. The summed E-state index contributed by atoms with van der Waals surface area (Å²) in [6.07, 6.45) is 16.7. The van der Waals surface area contributed by atoms with Crippen LogP contribution >= 0.6 is 0 Å². The van der Waals surface area contributed by atoms with E-state index in [4.69, 9.17) is 28.4 Å². The van der Waals surface area contributed by atoms with Gasteiger partial charge in [-0.25, -0.2) is 0 Å². The van der Waals surface area contributed by atoms with E-state index in [0.717, 1.165) is 32.1 Å². The third kappa shape index (κ3) is 23.8. The van der Waals surface area contributed by atoms with E-state index in [1.807, 2.05) is 6.08 Å². The summed E-state index contributed by atoms with van der Waals surface area (Å²) in [6.45, 7) is 2.51. The number of carbonyl (C=O) groups is 2. The van der Waals surface area contributed by atoms with E-state index in [1.54, 1.807) is 0 Å². The van der Waals surface area contributed by atoms with Crippen molar-refractivity contribution in [1.82, 2.24) is 0 Å². The second-order valence-electron chi connectivity index (χ2n) is 16.9. The van der Waals surface area contributed by atoms with Crippen molar-refractivity contribution in [2.24, 2.45) is 0 Å². The van der Waals surface area contributed by atoms with Crippen LogP contribution in [0, 0.1) is 0 Å². The summed E-state index contributed by atoms with van der Waals surface area (Å²) in [6, 6.07) is 0. The second-order valence-corrected chi connectivity index (χ2v) is 16.9. The molecule has 0 aliphatic carbocycles. The molecule has 2 fully saturated rings. The van der Waals surface area contributed by atoms with Crippen molar-refractivity contribution < 1.29 is 73.8 Å². The molecule has 2 aliphatic rings. The molecule has 0 saturated carbocycles. The molecule has 62 heavy (non-hydrogen) atoms. The standard InChI is InChI=1S/C47H84O15/c1-3-5-7-9-11-13-14-15-16-17-18-19-20-22-24-26-28-30-39(50)60-35(32-57-38(49)29-27-25-23-21-12-10-8-6-4-2)33-58-46-45(56)43(54)41(52)37(62-46)34-59-47-44(55)42(53)40(51)36(31-48)61-47/h18-19,22,24,35-37,40-48,51-56H,3-17,20-21,23,25-34H2,1-2H3/b19-18+,24-22+/t35-,36+,37+,40-,41-,42?,43?,44?,45?,46+,47+/m1/s1. The number of esters is 2. The fourth-order valence-corrected chi connectivity index (χ4v) is 7.43. The van der Waals surface area contributed by atoms with Crippen LogP contribution in [0.2, 0.25) is 0 Å². The molecule has 0 amide bonds. The van der Waals surface area contributed by atoms with Crippen LogP contribution in [0.25, 0.3) is 0 Å². The van der Waals surface area contributed by atoms with E-state index < -0.39 is 99.3 Å². The lowest BCUT2D eigenvalue weighted by atomic mass is 9.98. The summed E-state index contributed by atoms with van der Waals surface area (Å²) in [7, 11) is 0. The van der Waals surface area contributed by atoms with Crippen LogP contribution in [0.1, 0.15) is 168 Å². The van der Waals surface area contributed by atoms with Crippen LogP contribution in [-0.2, 0) is 38.0 Å².